The Hall–Kier alpha value is -0.150. The summed E-state index contributed by atoms with van der Waals surface area (Å²) in [5.41, 5.74) is -1.09. The van der Waals surface area contributed by atoms with Gasteiger partial charge in [0.1, 0.15) is 6.17 Å². The molecule has 0 radical (unpaired) electrons. The lowest BCUT2D eigenvalue weighted by molar-refractivity contribution is -0.0394. The number of rotatable bonds is 0. The van der Waals surface area contributed by atoms with Crippen LogP contribution >= 0.6 is 0 Å². The molecule has 1 heterocycles. The zero-order chi connectivity index (χ0) is 6.91. The summed E-state index contributed by atoms with van der Waals surface area (Å²) >= 11 is 0. The number of hydrogen-bond donors (Lipinski definition) is 2. The highest BCUT2D eigenvalue weighted by Gasteiger charge is 2.34. The van der Waals surface area contributed by atoms with E-state index in [9.17, 15) is 9.50 Å². The van der Waals surface area contributed by atoms with Crippen LogP contribution in [-0.2, 0) is 0 Å². The molecule has 54 valence electrons. The van der Waals surface area contributed by atoms with Gasteiger partial charge in [0.05, 0.1) is 5.60 Å². The molecule has 2 N–H and O–H groups in total. The molecule has 3 heteroatoms. The summed E-state index contributed by atoms with van der Waals surface area (Å²) in [5, 5.41) is 12.1. The Bertz CT molecular complexity index is 105. The molecule has 1 saturated heterocycles. The topological polar surface area (TPSA) is 32.3 Å². The predicted octanol–water partition coefficient (Wildman–Crippen LogP) is 0.0688. The van der Waals surface area contributed by atoms with Crippen molar-refractivity contribution >= 4 is 0 Å². The lowest BCUT2D eigenvalue weighted by Gasteiger charge is -2.31. The van der Waals surface area contributed by atoms with Gasteiger partial charge in [-0.1, -0.05) is 0 Å². The number of hydrogen-bond acceptors (Lipinski definition) is 2. The molecule has 0 aromatic rings. The molecule has 2 unspecified atom stereocenters. The SMILES string of the molecule is CC1(O)CCNCC1F. The third kappa shape index (κ3) is 1.40. The van der Waals surface area contributed by atoms with Crippen LogP contribution in [0.25, 0.3) is 0 Å². The van der Waals surface area contributed by atoms with Crippen molar-refractivity contribution in [2.24, 2.45) is 0 Å². The van der Waals surface area contributed by atoms with Crippen LogP contribution in [0.4, 0.5) is 4.39 Å². The minimum atomic E-state index is -1.11. The van der Waals surface area contributed by atoms with Crippen LogP contribution in [-0.4, -0.2) is 30.0 Å². The van der Waals surface area contributed by atoms with E-state index in [-0.39, 0.29) is 6.54 Å². The summed E-state index contributed by atoms with van der Waals surface area (Å²) < 4.78 is 12.6. The van der Waals surface area contributed by atoms with Crippen LogP contribution in [0, 0.1) is 0 Å². The first-order valence-electron chi connectivity index (χ1n) is 3.20. The van der Waals surface area contributed by atoms with Crippen molar-refractivity contribution in [3.8, 4) is 0 Å². The minimum absolute atomic E-state index is 0.285. The molecule has 0 aromatic heterocycles. The van der Waals surface area contributed by atoms with Crippen molar-refractivity contribution in [3.05, 3.63) is 0 Å². The Morgan fingerprint density at radius 1 is 1.78 bits per heavy atom. The Morgan fingerprint density at radius 3 is 2.78 bits per heavy atom. The van der Waals surface area contributed by atoms with Crippen LogP contribution in [0.5, 0.6) is 0 Å². The largest absolute Gasteiger partial charge is 0.387 e. The van der Waals surface area contributed by atoms with Crippen LogP contribution in [0.3, 0.4) is 0 Å². The van der Waals surface area contributed by atoms with E-state index in [0.29, 0.717) is 13.0 Å². The Labute approximate surface area is 54.1 Å². The number of halogens is 1. The van der Waals surface area contributed by atoms with E-state index in [1.165, 1.54) is 0 Å². The van der Waals surface area contributed by atoms with Crippen LogP contribution < -0.4 is 5.32 Å². The quantitative estimate of drug-likeness (QED) is 0.490. The molecule has 1 aliphatic heterocycles. The van der Waals surface area contributed by atoms with Gasteiger partial charge < -0.3 is 10.4 Å². The van der Waals surface area contributed by atoms with Crippen molar-refractivity contribution in [2.45, 2.75) is 25.1 Å². The predicted molar refractivity (Wildman–Crippen MR) is 33.0 cm³/mol. The molecule has 1 aliphatic rings. The fourth-order valence-electron chi connectivity index (χ4n) is 0.947. The number of piperidine rings is 1. The van der Waals surface area contributed by atoms with Gasteiger partial charge in [0.2, 0.25) is 0 Å². The van der Waals surface area contributed by atoms with Gasteiger partial charge in [-0.2, -0.15) is 0 Å². The zero-order valence-electron chi connectivity index (χ0n) is 5.52. The zero-order valence-corrected chi connectivity index (χ0v) is 5.52. The Balaban J connectivity index is 2.49. The molecule has 1 rings (SSSR count). The Morgan fingerprint density at radius 2 is 2.44 bits per heavy atom. The molecule has 2 nitrogen and oxygen atoms in total. The summed E-state index contributed by atoms with van der Waals surface area (Å²) in [6.45, 7) is 2.54. The second-order valence-corrected chi connectivity index (χ2v) is 2.78. The van der Waals surface area contributed by atoms with Gasteiger partial charge in [0.15, 0.2) is 0 Å². The van der Waals surface area contributed by atoms with Crippen molar-refractivity contribution in [1.29, 1.82) is 0 Å². The molecular weight excluding hydrogens is 121 g/mol. The maximum Gasteiger partial charge on any atom is 0.141 e. The second kappa shape index (κ2) is 2.23. The average molecular weight is 133 g/mol. The standard InChI is InChI=1S/C6H12FNO/c1-6(9)2-3-8-4-5(6)7/h5,8-9H,2-4H2,1H3. The molecule has 0 amide bonds. The highest BCUT2D eigenvalue weighted by atomic mass is 19.1. The van der Waals surface area contributed by atoms with E-state index in [2.05, 4.69) is 5.32 Å². The molecule has 2 atom stereocenters. The first-order valence-corrected chi connectivity index (χ1v) is 3.20. The molecule has 0 aliphatic carbocycles. The lowest BCUT2D eigenvalue weighted by Crippen LogP contribution is -2.49. The summed E-state index contributed by atoms with van der Waals surface area (Å²) in [7, 11) is 0. The first kappa shape index (κ1) is 6.96. The summed E-state index contributed by atoms with van der Waals surface area (Å²) in [4.78, 5) is 0. The molecule has 9 heavy (non-hydrogen) atoms. The van der Waals surface area contributed by atoms with Gasteiger partial charge in [-0.15, -0.1) is 0 Å². The van der Waals surface area contributed by atoms with Crippen molar-refractivity contribution in [2.75, 3.05) is 13.1 Å². The van der Waals surface area contributed by atoms with Crippen LogP contribution in [0.1, 0.15) is 13.3 Å². The molecule has 0 bridgehead atoms. The summed E-state index contributed by atoms with van der Waals surface area (Å²) in [6.07, 6.45) is -0.597. The summed E-state index contributed by atoms with van der Waals surface area (Å²) in [6, 6.07) is 0. The van der Waals surface area contributed by atoms with Gasteiger partial charge in [-0.05, 0) is 19.9 Å². The van der Waals surface area contributed by atoms with Crippen molar-refractivity contribution < 1.29 is 9.50 Å². The van der Waals surface area contributed by atoms with E-state index in [0.717, 1.165) is 0 Å². The monoisotopic (exact) mass is 133 g/mol. The second-order valence-electron chi connectivity index (χ2n) is 2.78. The lowest BCUT2D eigenvalue weighted by atomic mass is 9.93. The smallest absolute Gasteiger partial charge is 0.141 e. The maximum atomic E-state index is 12.6. The van der Waals surface area contributed by atoms with Crippen molar-refractivity contribution in [1.82, 2.24) is 5.32 Å². The van der Waals surface area contributed by atoms with Gasteiger partial charge in [-0.25, -0.2) is 4.39 Å². The number of aliphatic hydroxyl groups is 1. The third-order valence-corrected chi connectivity index (χ3v) is 1.81. The molecule has 0 spiro atoms. The van der Waals surface area contributed by atoms with Gasteiger partial charge in [0, 0.05) is 6.54 Å². The molecule has 1 fully saturated rings. The van der Waals surface area contributed by atoms with E-state index in [4.69, 9.17) is 0 Å². The number of alkyl halides is 1. The highest BCUT2D eigenvalue weighted by molar-refractivity contribution is 4.88. The Kier molecular flexibility index (Phi) is 1.73. The van der Waals surface area contributed by atoms with E-state index >= 15 is 0 Å². The van der Waals surface area contributed by atoms with E-state index in [1.54, 1.807) is 6.92 Å². The maximum absolute atomic E-state index is 12.6. The first-order chi connectivity index (χ1) is 4.13. The van der Waals surface area contributed by atoms with Gasteiger partial charge in [-0.3, -0.25) is 0 Å². The average Bonchev–Trinajstić information content (AvgIpc) is 1.77. The van der Waals surface area contributed by atoms with Crippen molar-refractivity contribution in [3.63, 3.8) is 0 Å². The normalized spacial score (nSPS) is 45.0. The molecule has 0 aromatic carbocycles. The van der Waals surface area contributed by atoms with E-state index < -0.39 is 11.8 Å². The minimum Gasteiger partial charge on any atom is -0.387 e. The van der Waals surface area contributed by atoms with Gasteiger partial charge >= 0.3 is 0 Å². The highest BCUT2D eigenvalue weighted by Crippen LogP contribution is 2.19. The molecular formula is C6H12FNO. The van der Waals surface area contributed by atoms with Crippen LogP contribution in [0.2, 0.25) is 0 Å². The van der Waals surface area contributed by atoms with Crippen LogP contribution in [0.15, 0.2) is 0 Å². The summed E-state index contributed by atoms with van der Waals surface area (Å²) in [5.74, 6) is 0. The fourth-order valence-corrected chi connectivity index (χ4v) is 0.947. The fraction of sp³-hybridized carbons (Fsp3) is 1.00. The van der Waals surface area contributed by atoms with Gasteiger partial charge in [0.25, 0.3) is 0 Å². The molecule has 0 saturated carbocycles. The third-order valence-electron chi connectivity index (χ3n) is 1.81. The van der Waals surface area contributed by atoms with E-state index in [1.807, 2.05) is 0 Å². The number of nitrogens with one attached hydrogen (secondary N) is 1.